The second kappa shape index (κ2) is 3.54. The van der Waals surface area contributed by atoms with Gasteiger partial charge in [0.1, 0.15) is 0 Å². The first-order valence-electron chi connectivity index (χ1n) is 3.87. The van der Waals surface area contributed by atoms with Crippen LogP contribution in [-0.4, -0.2) is 24.2 Å². The highest BCUT2D eigenvalue weighted by Gasteiger charge is 2.14. The van der Waals surface area contributed by atoms with Crippen LogP contribution in [0.3, 0.4) is 0 Å². The first-order valence-corrected chi connectivity index (χ1v) is 3.87. The van der Waals surface area contributed by atoms with Crippen molar-refractivity contribution in [3.8, 4) is 0 Å². The molecule has 0 unspecified atom stereocenters. The van der Waals surface area contributed by atoms with E-state index in [1.807, 2.05) is 38.1 Å². The third kappa shape index (κ3) is 1.74. The van der Waals surface area contributed by atoms with Gasteiger partial charge in [0.15, 0.2) is 5.76 Å². The lowest BCUT2D eigenvalue weighted by Crippen LogP contribution is -2.16. The molecule has 0 saturated carbocycles. The largest absolute Gasteiger partial charge is 0.359 e. The van der Waals surface area contributed by atoms with E-state index in [0.717, 1.165) is 11.5 Å². The summed E-state index contributed by atoms with van der Waals surface area (Å²) in [6.45, 7) is 5.64. The van der Waals surface area contributed by atoms with E-state index in [9.17, 15) is 0 Å². The molecular formula is C9H14N2O. The molecule has 0 spiro atoms. The van der Waals surface area contributed by atoms with Crippen LogP contribution < -0.4 is 0 Å². The molecule has 1 rings (SSSR count). The SMILES string of the molecule is C=C[C@@H](c1cc(C)no1)N(C)C. The summed E-state index contributed by atoms with van der Waals surface area (Å²) in [5.41, 5.74) is 0.902. The van der Waals surface area contributed by atoms with Gasteiger partial charge in [0.05, 0.1) is 11.7 Å². The number of rotatable bonds is 3. The summed E-state index contributed by atoms with van der Waals surface area (Å²) in [7, 11) is 3.95. The van der Waals surface area contributed by atoms with Crippen LogP contribution in [0.25, 0.3) is 0 Å². The number of hydrogen-bond acceptors (Lipinski definition) is 3. The molecule has 0 radical (unpaired) electrons. The smallest absolute Gasteiger partial charge is 0.157 e. The normalized spacial score (nSPS) is 13.3. The van der Waals surface area contributed by atoms with Gasteiger partial charge in [0.25, 0.3) is 0 Å². The predicted octanol–water partition coefficient (Wildman–Crippen LogP) is 1.77. The van der Waals surface area contributed by atoms with E-state index < -0.39 is 0 Å². The van der Waals surface area contributed by atoms with Crippen molar-refractivity contribution in [2.75, 3.05) is 14.1 Å². The van der Waals surface area contributed by atoms with Gasteiger partial charge < -0.3 is 4.52 Å². The molecule has 1 aromatic heterocycles. The maximum absolute atomic E-state index is 5.12. The number of likely N-dealkylation sites (N-methyl/N-ethyl adjacent to an activating group) is 1. The van der Waals surface area contributed by atoms with E-state index in [0.29, 0.717) is 0 Å². The Morgan fingerprint density at radius 1 is 1.67 bits per heavy atom. The van der Waals surface area contributed by atoms with E-state index in [2.05, 4.69) is 11.7 Å². The second-order valence-corrected chi connectivity index (χ2v) is 3.01. The molecule has 66 valence electrons. The Labute approximate surface area is 72.7 Å². The maximum atomic E-state index is 5.12. The van der Waals surface area contributed by atoms with Crippen LogP contribution in [0.1, 0.15) is 17.5 Å². The van der Waals surface area contributed by atoms with Crippen LogP contribution in [0, 0.1) is 6.92 Å². The van der Waals surface area contributed by atoms with Gasteiger partial charge >= 0.3 is 0 Å². The van der Waals surface area contributed by atoms with Gasteiger partial charge in [-0.3, -0.25) is 4.90 Å². The van der Waals surface area contributed by atoms with Crippen molar-refractivity contribution in [1.82, 2.24) is 10.1 Å². The first-order chi connectivity index (χ1) is 5.65. The van der Waals surface area contributed by atoms with Crippen molar-refractivity contribution in [2.45, 2.75) is 13.0 Å². The number of aromatic nitrogens is 1. The van der Waals surface area contributed by atoms with Crippen LogP contribution in [0.5, 0.6) is 0 Å². The highest BCUT2D eigenvalue weighted by molar-refractivity contribution is 5.12. The van der Waals surface area contributed by atoms with Crippen molar-refractivity contribution >= 4 is 0 Å². The fourth-order valence-corrected chi connectivity index (χ4v) is 1.10. The Bertz CT molecular complexity index is 265. The average Bonchev–Trinajstić information content (AvgIpc) is 2.37. The van der Waals surface area contributed by atoms with E-state index in [1.165, 1.54) is 0 Å². The van der Waals surface area contributed by atoms with Crippen molar-refractivity contribution in [2.24, 2.45) is 0 Å². The van der Waals surface area contributed by atoms with Gasteiger partial charge in [-0.15, -0.1) is 6.58 Å². The molecule has 0 N–H and O–H groups in total. The molecule has 0 amide bonds. The van der Waals surface area contributed by atoms with Crippen LogP contribution in [0.15, 0.2) is 23.2 Å². The predicted molar refractivity (Wildman–Crippen MR) is 47.9 cm³/mol. The molecule has 1 heterocycles. The van der Waals surface area contributed by atoms with Gasteiger partial charge in [-0.1, -0.05) is 11.2 Å². The Morgan fingerprint density at radius 2 is 2.33 bits per heavy atom. The lowest BCUT2D eigenvalue weighted by Gasteiger charge is -2.16. The van der Waals surface area contributed by atoms with Crippen LogP contribution in [-0.2, 0) is 0 Å². The molecule has 0 aliphatic heterocycles. The molecule has 0 saturated heterocycles. The number of hydrogen-bond donors (Lipinski definition) is 0. The Kier molecular flexibility index (Phi) is 2.65. The van der Waals surface area contributed by atoms with Crippen molar-refractivity contribution in [1.29, 1.82) is 0 Å². The van der Waals surface area contributed by atoms with E-state index in [4.69, 9.17) is 4.52 Å². The third-order valence-electron chi connectivity index (χ3n) is 1.72. The average molecular weight is 166 g/mol. The topological polar surface area (TPSA) is 29.3 Å². The minimum atomic E-state index is 0.117. The molecule has 3 heteroatoms. The summed E-state index contributed by atoms with van der Waals surface area (Å²) in [6, 6.07) is 2.04. The Morgan fingerprint density at radius 3 is 2.67 bits per heavy atom. The zero-order valence-electron chi connectivity index (χ0n) is 7.74. The Hall–Kier alpha value is -1.09. The minimum Gasteiger partial charge on any atom is -0.359 e. The van der Waals surface area contributed by atoms with Crippen LogP contribution >= 0.6 is 0 Å². The van der Waals surface area contributed by atoms with Gasteiger partial charge in [-0.05, 0) is 21.0 Å². The summed E-state index contributed by atoms with van der Waals surface area (Å²) in [5, 5.41) is 3.82. The molecule has 1 atom stereocenters. The van der Waals surface area contributed by atoms with E-state index >= 15 is 0 Å². The lowest BCUT2D eigenvalue weighted by atomic mass is 10.2. The number of nitrogens with zero attached hydrogens (tertiary/aromatic N) is 2. The van der Waals surface area contributed by atoms with Gasteiger partial charge in [-0.2, -0.15) is 0 Å². The molecule has 3 nitrogen and oxygen atoms in total. The first kappa shape index (κ1) is 9.00. The molecule has 0 bridgehead atoms. The van der Waals surface area contributed by atoms with Crippen LogP contribution in [0.4, 0.5) is 0 Å². The third-order valence-corrected chi connectivity index (χ3v) is 1.72. The zero-order valence-corrected chi connectivity index (χ0v) is 7.74. The second-order valence-electron chi connectivity index (χ2n) is 3.01. The monoisotopic (exact) mass is 166 g/mol. The molecule has 12 heavy (non-hydrogen) atoms. The summed E-state index contributed by atoms with van der Waals surface area (Å²) in [4.78, 5) is 2.02. The van der Waals surface area contributed by atoms with E-state index in [-0.39, 0.29) is 6.04 Å². The molecule has 0 aromatic carbocycles. The molecule has 1 aromatic rings. The molecule has 0 fully saturated rings. The van der Waals surface area contributed by atoms with Crippen LogP contribution in [0.2, 0.25) is 0 Å². The molecule has 0 aliphatic carbocycles. The highest BCUT2D eigenvalue weighted by atomic mass is 16.5. The fraction of sp³-hybridized carbons (Fsp3) is 0.444. The summed E-state index contributed by atoms with van der Waals surface area (Å²) < 4.78 is 5.12. The maximum Gasteiger partial charge on any atom is 0.157 e. The highest BCUT2D eigenvalue weighted by Crippen LogP contribution is 2.19. The molecular weight excluding hydrogens is 152 g/mol. The van der Waals surface area contributed by atoms with Gasteiger partial charge in [0, 0.05) is 6.07 Å². The lowest BCUT2D eigenvalue weighted by molar-refractivity contribution is 0.274. The Balaban J connectivity index is 2.87. The van der Waals surface area contributed by atoms with Crippen molar-refractivity contribution in [3.05, 3.63) is 30.2 Å². The van der Waals surface area contributed by atoms with Gasteiger partial charge in [0.2, 0.25) is 0 Å². The molecule has 0 aliphatic rings. The number of aryl methyl sites for hydroxylation is 1. The summed E-state index contributed by atoms with van der Waals surface area (Å²) >= 11 is 0. The fourth-order valence-electron chi connectivity index (χ4n) is 1.10. The standard InChI is InChI=1S/C9H14N2O/c1-5-8(11(3)4)9-6-7(2)10-12-9/h5-6,8H,1H2,2-4H3/t8-/m0/s1. The van der Waals surface area contributed by atoms with Crippen molar-refractivity contribution < 1.29 is 4.52 Å². The quantitative estimate of drug-likeness (QED) is 0.641. The zero-order chi connectivity index (χ0) is 9.14. The van der Waals surface area contributed by atoms with Crippen molar-refractivity contribution in [3.63, 3.8) is 0 Å². The summed E-state index contributed by atoms with van der Waals surface area (Å²) in [5.74, 6) is 0.840. The van der Waals surface area contributed by atoms with Gasteiger partial charge in [-0.25, -0.2) is 0 Å². The summed E-state index contributed by atoms with van der Waals surface area (Å²) in [6.07, 6.45) is 1.83. The van der Waals surface area contributed by atoms with E-state index in [1.54, 1.807) is 0 Å². The minimum absolute atomic E-state index is 0.117.